The maximum atomic E-state index is 12.7. The van der Waals surface area contributed by atoms with Gasteiger partial charge in [0.15, 0.2) is 6.61 Å². The summed E-state index contributed by atoms with van der Waals surface area (Å²) in [6.07, 6.45) is 0.110. The molecule has 8 nitrogen and oxygen atoms in total. The summed E-state index contributed by atoms with van der Waals surface area (Å²) in [6.45, 7) is 2.85. The first-order valence-corrected chi connectivity index (χ1v) is 9.72. The molecule has 1 aliphatic rings. The van der Waals surface area contributed by atoms with Gasteiger partial charge in [-0.05, 0) is 38.1 Å². The van der Waals surface area contributed by atoms with E-state index in [9.17, 15) is 19.2 Å². The summed E-state index contributed by atoms with van der Waals surface area (Å²) in [4.78, 5) is 52.4. The Bertz CT molecular complexity index is 1040. The van der Waals surface area contributed by atoms with E-state index in [1.54, 1.807) is 24.3 Å². The number of ether oxygens (including phenoxy) is 1. The van der Waals surface area contributed by atoms with Crippen molar-refractivity contribution in [3.63, 3.8) is 0 Å². The predicted octanol–water partition coefficient (Wildman–Crippen LogP) is 2.47. The fraction of sp³-hybridized carbons (Fsp3) is 0.261. The first-order chi connectivity index (χ1) is 14.8. The van der Waals surface area contributed by atoms with Gasteiger partial charge in [0, 0.05) is 12.2 Å². The van der Waals surface area contributed by atoms with Crippen LogP contribution >= 0.6 is 0 Å². The highest BCUT2D eigenvalue weighted by molar-refractivity contribution is 6.22. The Balaban J connectivity index is 1.66. The van der Waals surface area contributed by atoms with Crippen molar-refractivity contribution in [2.75, 3.05) is 18.1 Å². The summed E-state index contributed by atoms with van der Waals surface area (Å²) >= 11 is 0. The number of carbonyl (C=O) groups is 4. The van der Waals surface area contributed by atoms with Crippen molar-refractivity contribution in [1.82, 2.24) is 4.90 Å². The summed E-state index contributed by atoms with van der Waals surface area (Å²) in [5, 5.41) is 8.88. The van der Waals surface area contributed by atoms with Gasteiger partial charge in [0.2, 0.25) is 0 Å². The summed E-state index contributed by atoms with van der Waals surface area (Å²) < 4.78 is 5.12. The molecule has 0 saturated heterocycles. The highest BCUT2D eigenvalue weighted by Gasteiger charge is 2.41. The van der Waals surface area contributed by atoms with Gasteiger partial charge in [0.1, 0.15) is 6.04 Å². The van der Waals surface area contributed by atoms with Crippen molar-refractivity contribution in [3.05, 3.63) is 65.2 Å². The minimum absolute atomic E-state index is 0.110. The molecule has 2 aromatic carbocycles. The van der Waals surface area contributed by atoms with Gasteiger partial charge in [0.25, 0.3) is 17.7 Å². The van der Waals surface area contributed by atoms with Crippen LogP contribution in [0.2, 0.25) is 0 Å². The number of amides is 3. The number of benzene rings is 2. The van der Waals surface area contributed by atoms with E-state index in [4.69, 9.17) is 10.00 Å². The molecule has 1 atom stereocenters. The van der Waals surface area contributed by atoms with Crippen LogP contribution in [-0.2, 0) is 14.3 Å². The smallest absolute Gasteiger partial charge is 0.329 e. The first-order valence-electron chi connectivity index (χ1n) is 9.72. The monoisotopic (exact) mass is 419 g/mol. The normalized spacial score (nSPS) is 13.4. The zero-order valence-corrected chi connectivity index (χ0v) is 17.2. The molecule has 0 saturated carbocycles. The maximum absolute atomic E-state index is 12.7. The molecule has 1 heterocycles. The van der Waals surface area contributed by atoms with Gasteiger partial charge in [0.05, 0.1) is 23.6 Å². The third-order valence-electron chi connectivity index (χ3n) is 4.99. The van der Waals surface area contributed by atoms with E-state index in [0.717, 1.165) is 10.5 Å². The number of hydrogen-bond acceptors (Lipinski definition) is 6. The zero-order valence-electron chi connectivity index (χ0n) is 17.2. The van der Waals surface area contributed by atoms with Gasteiger partial charge in [-0.25, -0.2) is 4.79 Å². The molecular formula is C23H21N3O5. The minimum Gasteiger partial charge on any atom is -0.454 e. The second-order valence-corrected chi connectivity index (χ2v) is 7.10. The van der Waals surface area contributed by atoms with E-state index in [1.165, 1.54) is 24.0 Å². The standard InChI is InChI=1S/C23H21N3O5/c1-15-8-10-17(11-9-15)25(13-5-12-24)20(27)14-31-23(30)16(2)26-21(28)18-6-3-4-7-19(18)22(26)29/h3-4,6-11,16H,5,13-14H2,1-2H3/t16-/m1/s1. The molecule has 1 aliphatic heterocycles. The Labute approximate surface area is 179 Å². The lowest BCUT2D eigenvalue weighted by atomic mass is 10.1. The number of imide groups is 1. The lowest BCUT2D eigenvalue weighted by Crippen LogP contribution is -2.45. The van der Waals surface area contributed by atoms with Crippen LogP contribution in [0, 0.1) is 18.3 Å². The number of fused-ring (bicyclic) bond motifs is 1. The fourth-order valence-electron chi connectivity index (χ4n) is 3.28. The second-order valence-electron chi connectivity index (χ2n) is 7.10. The molecule has 0 spiro atoms. The topological polar surface area (TPSA) is 108 Å². The summed E-state index contributed by atoms with van der Waals surface area (Å²) in [5.74, 6) is -2.53. The lowest BCUT2D eigenvalue weighted by Gasteiger charge is -2.24. The molecule has 0 fully saturated rings. The molecule has 0 bridgehead atoms. The summed E-state index contributed by atoms with van der Waals surface area (Å²) in [5.41, 5.74) is 2.04. The number of nitriles is 1. The van der Waals surface area contributed by atoms with Gasteiger partial charge >= 0.3 is 5.97 Å². The highest BCUT2D eigenvalue weighted by atomic mass is 16.5. The van der Waals surface area contributed by atoms with E-state index in [-0.39, 0.29) is 24.1 Å². The van der Waals surface area contributed by atoms with Crippen LogP contribution in [0.3, 0.4) is 0 Å². The van der Waals surface area contributed by atoms with Crippen LogP contribution in [0.25, 0.3) is 0 Å². The average Bonchev–Trinajstić information content (AvgIpc) is 3.03. The average molecular weight is 419 g/mol. The molecule has 3 rings (SSSR count). The predicted molar refractivity (Wildman–Crippen MR) is 111 cm³/mol. The quantitative estimate of drug-likeness (QED) is 0.504. The van der Waals surface area contributed by atoms with Crippen molar-refractivity contribution in [2.45, 2.75) is 26.3 Å². The van der Waals surface area contributed by atoms with E-state index in [2.05, 4.69) is 0 Å². The van der Waals surface area contributed by atoms with Gasteiger partial charge in [-0.1, -0.05) is 29.8 Å². The lowest BCUT2D eigenvalue weighted by molar-refractivity contribution is -0.151. The van der Waals surface area contributed by atoms with Gasteiger partial charge in [-0.3, -0.25) is 19.3 Å². The van der Waals surface area contributed by atoms with Crippen molar-refractivity contribution >= 4 is 29.4 Å². The SMILES string of the molecule is Cc1ccc(N(CCC#N)C(=O)COC(=O)[C@@H](C)N2C(=O)c3ccccc3C2=O)cc1. The molecule has 2 aromatic rings. The number of nitrogens with zero attached hydrogens (tertiary/aromatic N) is 3. The number of anilines is 1. The molecule has 0 radical (unpaired) electrons. The first kappa shape index (κ1) is 21.7. The van der Waals surface area contributed by atoms with Crippen LogP contribution in [-0.4, -0.2) is 47.8 Å². The Morgan fingerprint density at radius 1 is 1.06 bits per heavy atom. The number of rotatable bonds is 7. The molecule has 0 N–H and O–H groups in total. The van der Waals surface area contributed by atoms with Crippen LogP contribution < -0.4 is 4.90 Å². The Morgan fingerprint density at radius 3 is 2.19 bits per heavy atom. The van der Waals surface area contributed by atoms with E-state index >= 15 is 0 Å². The highest BCUT2D eigenvalue weighted by Crippen LogP contribution is 2.25. The van der Waals surface area contributed by atoms with E-state index < -0.39 is 36.3 Å². The summed E-state index contributed by atoms with van der Waals surface area (Å²) in [6, 6.07) is 14.3. The summed E-state index contributed by atoms with van der Waals surface area (Å²) in [7, 11) is 0. The second kappa shape index (κ2) is 9.22. The van der Waals surface area contributed by atoms with Gasteiger partial charge in [-0.2, -0.15) is 5.26 Å². The number of hydrogen-bond donors (Lipinski definition) is 0. The minimum atomic E-state index is -1.19. The van der Waals surface area contributed by atoms with Crippen LogP contribution in [0.1, 0.15) is 39.6 Å². The van der Waals surface area contributed by atoms with Crippen molar-refractivity contribution < 1.29 is 23.9 Å². The van der Waals surface area contributed by atoms with Crippen molar-refractivity contribution in [2.24, 2.45) is 0 Å². The molecule has 31 heavy (non-hydrogen) atoms. The van der Waals surface area contributed by atoms with Crippen LogP contribution in [0.4, 0.5) is 5.69 Å². The zero-order chi connectivity index (χ0) is 22.5. The number of aryl methyl sites for hydroxylation is 1. The largest absolute Gasteiger partial charge is 0.454 e. The Kier molecular flexibility index (Phi) is 6.46. The number of carbonyl (C=O) groups excluding carboxylic acids is 4. The van der Waals surface area contributed by atoms with Crippen LogP contribution in [0.15, 0.2) is 48.5 Å². The molecule has 0 unspecified atom stereocenters. The molecule has 0 aliphatic carbocycles. The van der Waals surface area contributed by atoms with Crippen LogP contribution in [0.5, 0.6) is 0 Å². The van der Waals surface area contributed by atoms with Gasteiger partial charge < -0.3 is 9.64 Å². The van der Waals surface area contributed by atoms with E-state index in [1.807, 2.05) is 25.1 Å². The van der Waals surface area contributed by atoms with Gasteiger partial charge in [-0.15, -0.1) is 0 Å². The van der Waals surface area contributed by atoms with Crippen molar-refractivity contribution in [1.29, 1.82) is 5.26 Å². The van der Waals surface area contributed by atoms with Crippen molar-refractivity contribution in [3.8, 4) is 6.07 Å². The van der Waals surface area contributed by atoms with E-state index in [0.29, 0.717) is 5.69 Å². The molecule has 158 valence electrons. The third kappa shape index (κ3) is 4.46. The molecular weight excluding hydrogens is 398 g/mol. The Hall–Kier alpha value is -3.99. The Morgan fingerprint density at radius 2 is 1.65 bits per heavy atom. The fourth-order valence-corrected chi connectivity index (χ4v) is 3.28. The number of esters is 1. The molecule has 0 aromatic heterocycles. The molecule has 3 amide bonds. The third-order valence-corrected chi connectivity index (χ3v) is 4.99. The maximum Gasteiger partial charge on any atom is 0.329 e. The molecule has 8 heteroatoms.